The minimum atomic E-state index is -1.11. The Balaban J connectivity index is 0.000000137. The number of nitrogens with one attached hydrogen (secondary N) is 2. The van der Waals surface area contributed by atoms with E-state index in [1.807, 2.05) is 86.4 Å². The molecule has 6 aromatic rings. The normalized spacial score (nSPS) is 16.6. The predicted molar refractivity (Wildman–Crippen MR) is 253 cm³/mol. The molecule has 2 aliphatic heterocycles. The molecule has 6 heterocycles. The SMILES string of the molecule is C[Si](C)(C)CCOCn1nc(C(=O)O)c2c1CC1(CC2)CSC1.Nc1cnn(Cc2ccccc2)c1.O=C(Nc1cnn(Cc2ccccc2)c1)c1n[nH]c2c1CCC1(CSC1)C2. The van der Waals surface area contributed by atoms with Crippen LogP contribution >= 0.6 is 23.5 Å². The summed E-state index contributed by atoms with van der Waals surface area (Å²) in [5.74, 6) is 3.76. The van der Waals surface area contributed by atoms with Crippen LogP contribution in [0.5, 0.6) is 0 Å². The number of nitrogens with two attached hydrogens (primary N) is 1. The first-order chi connectivity index (χ1) is 30.3. The summed E-state index contributed by atoms with van der Waals surface area (Å²) in [5.41, 5.74) is 15.2. The molecule has 14 nitrogen and oxygen atoms in total. The van der Waals surface area contributed by atoms with E-state index in [4.69, 9.17) is 10.5 Å². The Morgan fingerprint density at radius 1 is 0.841 bits per heavy atom. The van der Waals surface area contributed by atoms with Gasteiger partial charge in [0.15, 0.2) is 11.4 Å². The number of fused-ring (bicyclic) bond motifs is 2. The van der Waals surface area contributed by atoms with Gasteiger partial charge in [-0.05, 0) is 66.5 Å². The predicted octanol–water partition coefficient (Wildman–Crippen LogP) is 7.76. The highest BCUT2D eigenvalue weighted by Gasteiger charge is 2.44. The summed E-state index contributed by atoms with van der Waals surface area (Å²) in [6.07, 6.45) is 13.0. The third-order valence-electron chi connectivity index (χ3n) is 12.2. The zero-order valence-corrected chi connectivity index (χ0v) is 39.0. The molecule has 1 amide bonds. The van der Waals surface area contributed by atoms with E-state index in [-0.39, 0.29) is 11.6 Å². The van der Waals surface area contributed by atoms with E-state index in [1.54, 1.807) is 12.4 Å². The molecular weight excluding hydrogens is 849 g/mol. The number of amides is 1. The average molecular weight is 907 g/mol. The summed E-state index contributed by atoms with van der Waals surface area (Å²) in [4.78, 5) is 24.2. The number of benzene rings is 2. The maximum Gasteiger partial charge on any atom is 0.356 e. The van der Waals surface area contributed by atoms with Crippen molar-refractivity contribution in [3.05, 3.63) is 130 Å². The van der Waals surface area contributed by atoms with E-state index >= 15 is 0 Å². The minimum absolute atomic E-state index is 0.161. The highest BCUT2D eigenvalue weighted by Crippen LogP contribution is 2.49. The van der Waals surface area contributed by atoms with Crippen molar-refractivity contribution in [1.29, 1.82) is 0 Å². The molecular formula is C46H58N10O4S2Si. The van der Waals surface area contributed by atoms with Crippen LogP contribution in [0.3, 0.4) is 0 Å². The second kappa shape index (κ2) is 19.3. The lowest BCUT2D eigenvalue weighted by molar-refractivity contribution is 0.0667. The molecule has 0 radical (unpaired) electrons. The standard InChI is InChI=1S/C20H21N5OS.C16H26N2O3SSi.C10H11N3/c26-19(18-16-6-7-20(12-27-13-20)8-17(16)23-24-18)22-15-9-21-25(11-15)10-14-4-2-1-3-5-14;1-23(2,3)7-6-21-11-18-13-8-16(9-22-10-16)5-4-12(13)14(17-18)15(19)20;11-10-6-12-13(8-10)7-9-4-2-1-3-5-9/h1-5,9,11H,6-8,10,12-13H2,(H,22,26)(H,23,24);4-11H2,1-3H3,(H,19,20);1-6,8H,7,11H2. The zero-order valence-electron chi connectivity index (χ0n) is 36.4. The van der Waals surface area contributed by atoms with E-state index in [2.05, 4.69) is 74.7 Å². The molecule has 2 aromatic carbocycles. The van der Waals surface area contributed by atoms with Crippen molar-refractivity contribution in [1.82, 2.24) is 39.5 Å². The van der Waals surface area contributed by atoms with Crippen LogP contribution in [0.25, 0.3) is 0 Å². The highest BCUT2D eigenvalue weighted by atomic mass is 32.2. The van der Waals surface area contributed by atoms with E-state index in [0.29, 0.717) is 41.2 Å². The summed E-state index contributed by atoms with van der Waals surface area (Å²) in [5, 5.41) is 32.6. The Bertz CT molecular complexity index is 2490. The lowest BCUT2D eigenvalue weighted by atomic mass is 9.75. The molecule has 2 saturated heterocycles. The number of carbonyl (C=O) groups is 2. The number of hydrogen-bond acceptors (Lipinski definition) is 10. The van der Waals surface area contributed by atoms with Crippen LogP contribution in [0, 0.1) is 10.8 Å². The van der Waals surface area contributed by atoms with Gasteiger partial charge < -0.3 is 20.9 Å². The number of carboxylic acids is 1. The van der Waals surface area contributed by atoms with Crippen molar-refractivity contribution in [3.63, 3.8) is 0 Å². The topological polar surface area (TPSA) is 184 Å². The molecule has 10 rings (SSSR count). The Kier molecular flexibility index (Phi) is 13.7. The van der Waals surface area contributed by atoms with Crippen molar-refractivity contribution in [2.75, 3.05) is 40.7 Å². The van der Waals surface area contributed by atoms with Gasteiger partial charge >= 0.3 is 5.97 Å². The molecule has 5 N–H and O–H groups in total. The van der Waals surface area contributed by atoms with E-state index < -0.39 is 14.0 Å². The minimum Gasteiger partial charge on any atom is -0.476 e. The summed E-state index contributed by atoms with van der Waals surface area (Å²) < 4.78 is 11.3. The Labute approximate surface area is 378 Å². The maximum absolute atomic E-state index is 12.7. The van der Waals surface area contributed by atoms with Gasteiger partial charge in [0.2, 0.25) is 0 Å². The van der Waals surface area contributed by atoms with Gasteiger partial charge in [0.05, 0.1) is 36.9 Å². The number of aromatic carboxylic acids is 1. The highest BCUT2D eigenvalue weighted by molar-refractivity contribution is 8.00. The summed E-state index contributed by atoms with van der Waals surface area (Å²) in [6.45, 7) is 9.54. The van der Waals surface area contributed by atoms with Gasteiger partial charge in [-0.15, -0.1) is 0 Å². The molecule has 0 bridgehead atoms. The first-order valence-corrected chi connectivity index (χ1v) is 27.7. The fourth-order valence-electron chi connectivity index (χ4n) is 8.48. The number of carbonyl (C=O) groups excluding carboxylic acids is 1. The molecule has 0 saturated carbocycles. The molecule has 0 atom stereocenters. The number of hydrogen-bond donors (Lipinski definition) is 4. The van der Waals surface area contributed by atoms with Crippen LogP contribution in [-0.2, 0) is 50.2 Å². The molecule has 63 heavy (non-hydrogen) atoms. The molecule has 2 aliphatic carbocycles. The first-order valence-electron chi connectivity index (χ1n) is 21.7. The van der Waals surface area contributed by atoms with Crippen LogP contribution in [0.4, 0.5) is 11.4 Å². The number of H-pyrrole nitrogens is 1. The van der Waals surface area contributed by atoms with Crippen LogP contribution in [-0.4, -0.2) is 94.2 Å². The second-order valence-corrected chi connectivity index (χ2v) is 26.2. The lowest BCUT2D eigenvalue weighted by Crippen LogP contribution is -2.41. The fraction of sp³-hybridized carbons (Fsp3) is 0.435. The Morgan fingerprint density at radius 2 is 1.44 bits per heavy atom. The third kappa shape index (κ3) is 11.2. The van der Waals surface area contributed by atoms with E-state index in [9.17, 15) is 14.7 Å². The van der Waals surface area contributed by atoms with Crippen molar-refractivity contribution in [2.45, 2.75) is 84.0 Å². The molecule has 4 aromatic heterocycles. The van der Waals surface area contributed by atoms with Crippen LogP contribution < -0.4 is 11.1 Å². The van der Waals surface area contributed by atoms with Crippen LogP contribution in [0.1, 0.15) is 67.5 Å². The smallest absolute Gasteiger partial charge is 0.356 e. The van der Waals surface area contributed by atoms with Crippen molar-refractivity contribution in [3.8, 4) is 0 Å². The van der Waals surface area contributed by atoms with Crippen LogP contribution in [0.15, 0.2) is 85.5 Å². The number of nitrogens with zero attached hydrogens (tertiary/aromatic N) is 7. The molecule has 2 spiro atoms. The number of ether oxygens (including phenoxy) is 1. The number of carboxylic acid groups (broad SMARTS) is 1. The monoisotopic (exact) mass is 906 g/mol. The lowest BCUT2D eigenvalue weighted by Gasteiger charge is -2.44. The number of aromatic nitrogens is 8. The number of aromatic amines is 1. The van der Waals surface area contributed by atoms with Gasteiger partial charge in [-0.25, -0.2) is 9.48 Å². The van der Waals surface area contributed by atoms with Gasteiger partial charge in [0, 0.05) is 72.6 Å². The number of anilines is 2. The van der Waals surface area contributed by atoms with Gasteiger partial charge in [-0.2, -0.15) is 43.9 Å². The fourth-order valence-corrected chi connectivity index (χ4v) is 11.8. The molecule has 2 fully saturated rings. The Hall–Kier alpha value is -5.10. The van der Waals surface area contributed by atoms with Gasteiger partial charge in [-0.1, -0.05) is 80.3 Å². The zero-order chi connectivity index (χ0) is 44.0. The average Bonchev–Trinajstić information content (AvgIpc) is 4.05. The number of nitrogen functional groups attached to an aromatic ring is 1. The van der Waals surface area contributed by atoms with Crippen molar-refractivity contribution < 1.29 is 19.4 Å². The number of rotatable bonds is 12. The first kappa shape index (κ1) is 44.5. The van der Waals surface area contributed by atoms with E-state index in [0.717, 1.165) is 80.2 Å². The van der Waals surface area contributed by atoms with Gasteiger partial charge in [0.25, 0.3) is 5.91 Å². The maximum atomic E-state index is 12.7. The number of thioether (sulfide) groups is 2. The molecule has 4 aliphatic rings. The van der Waals surface area contributed by atoms with Crippen molar-refractivity contribution >= 4 is 54.8 Å². The summed E-state index contributed by atoms with van der Waals surface area (Å²) >= 11 is 4.00. The van der Waals surface area contributed by atoms with Gasteiger partial charge in [-0.3, -0.25) is 19.3 Å². The van der Waals surface area contributed by atoms with Gasteiger partial charge in [0.1, 0.15) is 6.73 Å². The molecule has 332 valence electrons. The van der Waals surface area contributed by atoms with E-state index in [1.165, 1.54) is 34.1 Å². The Morgan fingerprint density at radius 3 is 2.02 bits per heavy atom. The summed E-state index contributed by atoms with van der Waals surface area (Å²) in [6, 6.07) is 21.4. The molecule has 0 unspecified atom stereocenters. The van der Waals surface area contributed by atoms with Crippen LogP contribution in [0.2, 0.25) is 25.7 Å². The quantitative estimate of drug-likeness (QED) is 0.0696. The third-order valence-corrected chi connectivity index (χ3v) is 17.2. The largest absolute Gasteiger partial charge is 0.476 e. The van der Waals surface area contributed by atoms with Crippen molar-refractivity contribution in [2.24, 2.45) is 10.8 Å². The summed E-state index contributed by atoms with van der Waals surface area (Å²) in [7, 11) is -1.11. The molecule has 17 heteroatoms. The second-order valence-electron chi connectivity index (χ2n) is 18.6.